The number of carbonyl (C=O) groups is 2. The van der Waals surface area contributed by atoms with Crippen LogP contribution in [0.15, 0.2) is 18.2 Å². The molecular weight excluding hydrogens is 318 g/mol. The maximum atomic E-state index is 11.8. The molecule has 2 amide bonds. The summed E-state index contributed by atoms with van der Waals surface area (Å²) in [6.45, 7) is 2.76. The number of rotatable bonds is 6. The average molecular weight is 345 g/mol. The van der Waals surface area contributed by atoms with Gasteiger partial charge in [0.25, 0.3) is 5.91 Å². The monoisotopic (exact) mass is 345 g/mol. The number of hydrogen-bond donors (Lipinski definition) is 2. The van der Waals surface area contributed by atoms with Crippen molar-refractivity contribution in [2.75, 3.05) is 26.2 Å². The first-order chi connectivity index (χ1) is 12.2. The minimum absolute atomic E-state index is 0.106. The van der Waals surface area contributed by atoms with Crippen molar-refractivity contribution in [3.8, 4) is 5.75 Å². The second kappa shape index (κ2) is 8.85. The smallest absolute Gasteiger partial charge is 0.276 e. The number of hydrazine groups is 1. The highest BCUT2D eigenvalue weighted by Gasteiger charge is 2.13. The summed E-state index contributed by atoms with van der Waals surface area (Å²) < 4.78 is 5.51. The summed E-state index contributed by atoms with van der Waals surface area (Å²) in [4.78, 5) is 25.9. The summed E-state index contributed by atoms with van der Waals surface area (Å²) in [6, 6.07) is 5.97. The Balaban J connectivity index is 1.31. The number of ether oxygens (including phenoxy) is 1. The molecule has 1 aliphatic heterocycles. The molecule has 2 N–H and O–H groups in total. The van der Waals surface area contributed by atoms with E-state index in [1.54, 1.807) is 0 Å². The average Bonchev–Trinajstić information content (AvgIpc) is 3.11. The van der Waals surface area contributed by atoms with Crippen molar-refractivity contribution in [1.82, 2.24) is 15.8 Å². The Labute approximate surface area is 148 Å². The second-order valence-corrected chi connectivity index (χ2v) is 6.82. The van der Waals surface area contributed by atoms with E-state index in [1.165, 1.54) is 36.8 Å². The Bertz CT molecular complexity index is 612. The van der Waals surface area contributed by atoms with E-state index in [-0.39, 0.29) is 18.4 Å². The Morgan fingerprint density at radius 2 is 1.72 bits per heavy atom. The topological polar surface area (TPSA) is 70.7 Å². The number of piperidine rings is 1. The van der Waals surface area contributed by atoms with Crippen LogP contribution >= 0.6 is 0 Å². The fourth-order valence-corrected chi connectivity index (χ4v) is 3.47. The van der Waals surface area contributed by atoms with Crippen LogP contribution in [-0.4, -0.2) is 43.0 Å². The van der Waals surface area contributed by atoms with E-state index in [2.05, 4.69) is 21.8 Å². The summed E-state index contributed by atoms with van der Waals surface area (Å²) >= 11 is 0. The van der Waals surface area contributed by atoms with Gasteiger partial charge in [-0.3, -0.25) is 20.4 Å². The van der Waals surface area contributed by atoms with Gasteiger partial charge in [0.1, 0.15) is 5.75 Å². The van der Waals surface area contributed by atoms with Gasteiger partial charge in [-0.05, 0) is 68.5 Å². The molecule has 1 heterocycles. The highest BCUT2D eigenvalue weighted by atomic mass is 16.5. The highest BCUT2D eigenvalue weighted by molar-refractivity contribution is 5.82. The number of nitrogens with one attached hydrogen (secondary N) is 2. The lowest BCUT2D eigenvalue weighted by Gasteiger charge is -2.25. The van der Waals surface area contributed by atoms with Crippen LogP contribution in [0.4, 0.5) is 0 Å². The SMILES string of the molecule is O=C(CCN1CCCCC1)NNC(=O)COc1ccc2c(c1)CCC2. The maximum Gasteiger partial charge on any atom is 0.276 e. The molecule has 136 valence electrons. The zero-order valence-corrected chi connectivity index (χ0v) is 14.7. The molecule has 6 nitrogen and oxygen atoms in total. The molecule has 1 aromatic rings. The number of amides is 2. The van der Waals surface area contributed by atoms with E-state index in [0.717, 1.165) is 32.5 Å². The van der Waals surface area contributed by atoms with Gasteiger partial charge in [0.05, 0.1) is 0 Å². The molecule has 0 saturated carbocycles. The zero-order valence-electron chi connectivity index (χ0n) is 14.7. The first-order valence-corrected chi connectivity index (χ1v) is 9.25. The lowest BCUT2D eigenvalue weighted by Crippen LogP contribution is -2.45. The van der Waals surface area contributed by atoms with E-state index in [0.29, 0.717) is 12.2 Å². The molecule has 0 aromatic heterocycles. The lowest BCUT2D eigenvalue weighted by atomic mass is 10.1. The predicted molar refractivity (Wildman–Crippen MR) is 95.2 cm³/mol. The van der Waals surface area contributed by atoms with Gasteiger partial charge in [-0.1, -0.05) is 12.5 Å². The molecule has 1 fully saturated rings. The summed E-state index contributed by atoms with van der Waals surface area (Å²) in [5.74, 6) is 0.176. The third-order valence-electron chi connectivity index (χ3n) is 4.89. The van der Waals surface area contributed by atoms with E-state index >= 15 is 0 Å². The molecule has 0 unspecified atom stereocenters. The molecule has 0 radical (unpaired) electrons. The van der Waals surface area contributed by atoms with Crippen molar-refractivity contribution in [2.45, 2.75) is 44.9 Å². The van der Waals surface area contributed by atoms with Crippen LogP contribution in [0.3, 0.4) is 0 Å². The second-order valence-electron chi connectivity index (χ2n) is 6.82. The fourth-order valence-electron chi connectivity index (χ4n) is 3.47. The first-order valence-electron chi connectivity index (χ1n) is 9.25. The number of carbonyl (C=O) groups excluding carboxylic acids is 2. The molecule has 6 heteroatoms. The first kappa shape index (κ1) is 17.7. The molecule has 25 heavy (non-hydrogen) atoms. The lowest BCUT2D eigenvalue weighted by molar-refractivity contribution is -0.130. The molecule has 0 bridgehead atoms. The van der Waals surface area contributed by atoms with E-state index in [1.807, 2.05) is 12.1 Å². The molecule has 1 aliphatic carbocycles. The Hall–Kier alpha value is -2.08. The molecule has 0 atom stereocenters. The third-order valence-corrected chi connectivity index (χ3v) is 4.89. The predicted octanol–water partition coefficient (Wildman–Crippen LogP) is 1.58. The maximum absolute atomic E-state index is 11.8. The molecule has 3 rings (SSSR count). The van der Waals surface area contributed by atoms with E-state index < -0.39 is 0 Å². The fraction of sp³-hybridized carbons (Fsp3) is 0.579. The normalized spacial score (nSPS) is 17.0. The quantitative estimate of drug-likeness (QED) is 0.768. The number of fused-ring (bicyclic) bond motifs is 1. The molecule has 1 saturated heterocycles. The van der Waals surface area contributed by atoms with Crippen LogP contribution in [0, 0.1) is 0 Å². The summed E-state index contributed by atoms with van der Waals surface area (Å²) in [7, 11) is 0. The van der Waals surface area contributed by atoms with E-state index in [4.69, 9.17) is 4.74 Å². The Morgan fingerprint density at radius 1 is 0.960 bits per heavy atom. The van der Waals surface area contributed by atoms with Gasteiger partial charge >= 0.3 is 0 Å². The van der Waals surface area contributed by atoms with Gasteiger partial charge in [-0.15, -0.1) is 0 Å². The van der Waals surface area contributed by atoms with Gasteiger partial charge in [0.2, 0.25) is 5.91 Å². The highest BCUT2D eigenvalue weighted by Crippen LogP contribution is 2.25. The van der Waals surface area contributed by atoms with Gasteiger partial charge in [-0.2, -0.15) is 0 Å². The van der Waals surface area contributed by atoms with Crippen LogP contribution in [0.2, 0.25) is 0 Å². The van der Waals surface area contributed by atoms with Crippen LogP contribution < -0.4 is 15.6 Å². The van der Waals surface area contributed by atoms with E-state index in [9.17, 15) is 9.59 Å². The van der Waals surface area contributed by atoms with Gasteiger partial charge < -0.3 is 9.64 Å². The number of hydrogen-bond acceptors (Lipinski definition) is 4. The van der Waals surface area contributed by atoms with Gasteiger partial charge in [0.15, 0.2) is 6.61 Å². The van der Waals surface area contributed by atoms with Crippen molar-refractivity contribution >= 4 is 11.8 Å². The molecular formula is C19H27N3O3. The van der Waals surface area contributed by atoms with Crippen molar-refractivity contribution < 1.29 is 14.3 Å². The van der Waals surface area contributed by atoms with Gasteiger partial charge in [-0.25, -0.2) is 0 Å². The van der Waals surface area contributed by atoms with Crippen molar-refractivity contribution in [3.05, 3.63) is 29.3 Å². The minimum atomic E-state index is -0.355. The van der Waals surface area contributed by atoms with Crippen molar-refractivity contribution in [2.24, 2.45) is 0 Å². The summed E-state index contributed by atoms with van der Waals surface area (Å²) in [5, 5.41) is 0. The largest absolute Gasteiger partial charge is 0.484 e. The summed E-state index contributed by atoms with van der Waals surface area (Å²) in [6.07, 6.45) is 7.47. The molecule has 0 spiro atoms. The Morgan fingerprint density at radius 3 is 2.56 bits per heavy atom. The Kier molecular flexibility index (Phi) is 6.28. The number of likely N-dealkylation sites (tertiary alicyclic amines) is 1. The van der Waals surface area contributed by atoms with Crippen molar-refractivity contribution in [3.63, 3.8) is 0 Å². The zero-order chi connectivity index (χ0) is 17.5. The van der Waals surface area contributed by atoms with Crippen LogP contribution in [-0.2, 0) is 22.4 Å². The standard InChI is InChI=1S/C19H27N3O3/c23-18(9-12-22-10-2-1-3-11-22)20-21-19(24)14-25-17-8-7-15-5-4-6-16(15)13-17/h7-8,13H,1-6,9-12,14H2,(H,20,23)(H,21,24). The molecule has 1 aromatic carbocycles. The number of nitrogens with zero attached hydrogens (tertiary/aromatic N) is 1. The number of aryl methyl sites for hydroxylation is 2. The number of benzene rings is 1. The minimum Gasteiger partial charge on any atom is -0.484 e. The van der Waals surface area contributed by atoms with Crippen LogP contribution in [0.5, 0.6) is 5.75 Å². The van der Waals surface area contributed by atoms with Crippen LogP contribution in [0.1, 0.15) is 43.2 Å². The molecule has 2 aliphatic rings. The third kappa shape index (κ3) is 5.46. The van der Waals surface area contributed by atoms with Crippen LogP contribution in [0.25, 0.3) is 0 Å². The van der Waals surface area contributed by atoms with Crippen molar-refractivity contribution in [1.29, 1.82) is 0 Å². The summed E-state index contributed by atoms with van der Waals surface area (Å²) in [5.41, 5.74) is 7.55. The van der Waals surface area contributed by atoms with Gasteiger partial charge in [0, 0.05) is 13.0 Å².